The van der Waals surface area contributed by atoms with E-state index in [1.54, 1.807) is 0 Å². The minimum atomic E-state index is -0.902. The molecule has 142 valence electrons. The number of amides is 1. The third-order valence-corrected chi connectivity index (χ3v) is 4.22. The molecule has 0 aromatic rings. The molecule has 1 unspecified atom stereocenters. The van der Waals surface area contributed by atoms with Crippen LogP contribution < -0.4 is 11.1 Å². The van der Waals surface area contributed by atoms with E-state index in [1.165, 1.54) is 70.6 Å². The van der Waals surface area contributed by atoms with Gasteiger partial charge in [0.15, 0.2) is 0 Å². The molecule has 0 radical (unpaired) electrons. The zero-order valence-corrected chi connectivity index (χ0v) is 15.8. The fourth-order valence-corrected chi connectivity index (χ4v) is 2.67. The zero-order valence-electron chi connectivity index (χ0n) is 15.8. The third kappa shape index (κ3) is 17.5. The first kappa shape index (κ1) is 23.1. The van der Waals surface area contributed by atoms with E-state index in [0.717, 1.165) is 12.8 Å². The molecular formula is C20H40N2O2. The lowest BCUT2D eigenvalue weighted by Crippen LogP contribution is -2.39. The van der Waals surface area contributed by atoms with Crippen LogP contribution in [0.25, 0.3) is 0 Å². The number of allylic oxidation sites excluding steroid dienone is 2. The van der Waals surface area contributed by atoms with Crippen LogP contribution >= 0.6 is 0 Å². The standard InChI is InChI=1S/C20H40N2O2/c1-2-3-4-5-6-7-8-9-10-11-12-13-14-15-16-17-19(23)22-20(24)18-21/h9-10,20,24H,2-8,11-18,21H2,1H3,(H,22,23)/b10-9-. The molecule has 0 spiro atoms. The van der Waals surface area contributed by atoms with Gasteiger partial charge >= 0.3 is 0 Å². The maximum atomic E-state index is 11.4. The molecule has 0 aliphatic rings. The Labute approximate surface area is 149 Å². The number of aliphatic hydroxyl groups excluding tert-OH is 1. The monoisotopic (exact) mass is 340 g/mol. The lowest BCUT2D eigenvalue weighted by molar-refractivity contribution is -0.124. The van der Waals surface area contributed by atoms with Gasteiger partial charge in [0.1, 0.15) is 6.23 Å². The number of carbonyl (C=O) groups excluding carboxylic acids is 1. The molecule has 4 heteroatoms. The number of carbonyl (C=O) groups is 1. The topological polar surface area (TPSA) is 75.3 Å². The van der Waals surface area contributed by atoms with E-state index in [9.17, 15) is 9.90 Å². The van der Waals surface area contributed by atoms with Crippen LogP contribution in [-0.2, 0) is 4.79 Å². The Morgan fingerprint density at radius 2 is 1.42 bits per heavy atom. The maximum absolute atomic E-state index is 11.4. The molecule has 4 nitrogen and oxygen atoms in total. The summed E-state index contributed by atoms with van der Waals surface area (Å²) in [5.41, 5.74) is 5.24. The van der Waals surface area contributed by atoms with Crippen molar-refractivity contribution >= 4 is 5.91 Å². The van der Waals surface area contributed by atoms with Crippen LogP contribution in [0.1, 0.15) is 96.8 Å². The van der Waals surface area contributed by atoms with Crippen LogP contribution in [-0.4, -0.2) is 23.8 Å². The van der Waals surface area contributed by atoms with Crippen molar-refractivity contribution in [3.05, 3.63) is 12.2 Å². The molecule has 0 aromatic carbocycles. The second-order valence-corrected chi connectivity index (χ2v) is 6.65. The molecule has 0 heterocycles. The van der Waals surface area contributed by atoms with Gasteiger partial charge in [0.2, 0.25) is 5.91 Å². The highest BCUT2D eigenvalue weighted by Crippen LogP contribution is 2.09. The number of nitrogens with two attached hydrogens (primary N) is 1. The van der Waals surface area contributed by atoms with Crippen molar-refractivity contribution in [2.45, 2.75) is 103 Å². The minimum Gasteiger partial charge on any atom is -0.372 e. The van der Waals surface area contributed by atoms with E-state index in [2.05, 4.69) is 24.4 Å². The molecule has 24 heavy (non-hydrogen) atoms. The van der Waals surface area contributed by atoms with Gasteiger partial charge in [0, 0.05) is 13.0 Å². The summed E-state index contributed by atoms with van der Waals surface area (Å²) >= 11 is 0. The molecule has 0 aliphatic heterocycles. The Morgan fingerprint density at radius 3 is 1.96 bits per heavy atom. The van der Waals surface area contributed by atoms with Gasteiger partial charge < -0.3 is 16.2 Å². The van der Waals surface area contributed by atoms with Crippen LogP contribution in [0.3, 0.4) is 0 Å². The smallest absolute Gasteiger partial charge is 0.222 e. The number of hydrogen-bond donors (Lipinski definition) is 3. The Bertz CT molecular complexity index is 306. The molecule has 0 rings (SSSR count). The van der Waals surface area contributed by atoms with Crippen molar-refractivity contribution in [2.75, 3.05) is 6.54 Å². The summed E-state index contributed by atoms with van der Waals surface area (Å²) in [6, 6.07) is 0. The fourth-order valence-electron chi connectivity index (χ4n) is 2.67. The van der Waals surface area contributed by atoms with E-state index in [0.29, 0.717) is 6.42 Å². The highest BCUT2D eigenvalue weighted by molar-refractivity contribution is 5.75. The van der Waals surface area contributed by atoms with Crippen molar-refractivity contribution in [3.8, 4) is 0 Å². The van der Waals surface area contributed by atoms with Gasteiger partial charge in [-0.1, -0.05) is 70.4 Å². The van der Waals surface area contributed by atoms with Crippen molar-refractivity contribution < 1.29 is 9.90 Å². The first-order chi connectivity index (χ1) is 11.7. The van der Waals surface area contributed by atoms with E-state index < -0.39 is 6.23 Å². The Hall–Kier alpha value is -0.870. The fraction of sp³-hybridized carbons (Fsp3) is 0.850. The lowest BCUT2D eigenvalue weighted by atomic mass is 10.1. The second kappa shape index (κ2) is 18.5. The predicted molar refractivity (Wildman–Crippen MR) is 103 cm³/mol. The molecule has 0 fully saturated rings. The summed E-state index contributed by atoms with van der Waals surface area (Å²) in [7, 11) is 0. The maximum Gasteiger partial charge on any atom is 0.222 e. The molecule has 0 aliphatic carbocycles. The van der Waals surface area contributed by atoms with Gasteiger partial charge in [0.05, 0.1) is 0 Å². The van der Waals surface area contributed by atoms with E-state index >= 15 is 0 Å². The number of nitrogens with one attached hydrogen (secondary N) is 1. The lowest BCUT2D eigenvalue weighted by Gasteiger charge is -2.09. The first-order valence-electron chi connectivity index (χ1n) is 10.0. The van der Waals surface area contributed by atoms with Crippen LogP contribution in [0.4, 0.5) is 0 Å². The second-order valence-electron chi connectivity index (χ2n) is 6.65. The van der Waals surface area contributed by atoms with Crippen molar-refractivity contribution in [3.63, 3.8) is 0 Å². The molecule has 0 aromatic heterocycles. The third-order valence-electron chi connectivity index (χ3n) is 4.22. The summed E-state index contributed by atoms with van der Waals surface area (Å²) in [5, 5.41) is 11.7. The molecule has 1 atom stereocenters. The van der Waals surface area contributed by atoms with Gasteiger partial charge in [-0.05, 0) is 32.1 Å². The van der Waals surface area contributed by atoms with Crippen LogP contribution in [0.15, 0.2) is 12.2 Å². The quantitative estimate of drug-likeness (QED) is 0.208. The largest absolute Gasteiger partial charge is 0.372 e. The highest BCUT2D eigenvalue weighted by Gasteiger charge is 2.05. The van der Waals surface area contributed by atoms with E-state index in [4.69, 9.17) is 5.73 Å². The number of aliphatic hydroxyl groups is 1. The summed E-state index contributed by atoms with van der Waals surface area (Å²) in [4.78, 5) is 11.4. The molecule has 1 amide bonds. The molecular weight excluding hydrogens is 300 g/mol. The highest BCUT2D eigenvalue weighted by atomic mass is 16.3. The summed E-state index contributed by atoms with van der Waals surface area (Å²) < 4.78 is 0. The number of unbranched alkanes of at least 4 members (excludes halogenated alkanes) is 11. The van der Waals surface area contributed by atoms with Gasteiger partial charge in [0.25, 0.3) is 0 Å². The van der Waals surface area contributed by atoms with Crippen LogP contribution in [0.5, 0.6) is 0 Å². The van der Waals surface area contributed by atoms with Crippen LogP contribution in [0.2, 0.25) is 0 Å². The van der Waals surface area contributed by atoms with Gasteiger partial charge in [-0.3, -0.25) is 4.79 Å². The summed E-state index contributed by atoms with van der Waals surface area (Å²) in [6.07, 6.45) is 20.5. The van der Waals surface area contributed by atoms with E-state index in [-0.39, 0.29) is 12.5 Å². The van der Waals surface area contributed by atoms with Gasteiger partial charge in [-0.25, -0.2) is 0 Å². The minimum absolute atomic E-state index is 0.0676. The SMILES string of the molecule is CCCCCCCC/C=C\CCCCCCCC(=O)NC(O)CN. The summed E-state index contributed by atoms with van der Waals surface area (Å²) in [6.45, 7) is 2.33. The number of hydrogen-bond acceptors (Lipinski definition) is 3. The molecule has 0 bridgehead atoms. The Morgan fingerprint density at radius 1 is 0.917 bits per heavy atom. The molecule has 4 N–H and O–H groups in total. The zero-order chi connectivity index (χ0) is 17.9. The first-order valence-corrected chi connectivity index (χ1v) is 10.0. The van der Waals surface area contributed by atoms with Crippen LogP contribution in [0, 0.1) is 0 Å². The molecule has 0 saturated carbocycles. The Balaban J connectivity index is 3.22. The van der Waals surface area contributed by atoms with Gasteiger partial charge in [-0.15, -0.1) is 0 Å². The Kier molecular flexibility index (Phi) is 17.8. The van der Waals surface area contributed by atoms with E-state index in [1.807, 2.05) is 0 Å². The average Bonchev–Trinajstić information content (AvgIpc) is 2.58. The molecule has 0 saturated heterocycles. The normalized spacial score (nSPS) is 12.6. The average molecular weight is 341 g/mol. The van der Waals surface area contributed by atoms with Crippen molar-refractivity contribution in [2.24, 2.45) is 5.73 Å². The van der Waals surface area contributed by atoms with Gasteiger partial charge in [-0.2, -0.15) is 0 Å². The van der Waals surface area contributed by atoms with Crippen molar-refractivity contribution in [1.82, 2.24) is 5.32 Å². The predicted octanol–water partition coefficient (Wildman–Crippen LogP) is 4.42. The van der Waals surface area contributed by atoms with Crippen molar-refractivity contribution in [1.29, 1.82) is 0 Å². The summed E-state index contributed by atoms with van der Waals surface area (Å²) in [5.74, 6) is -0.106. The number of rotatable bonds is 17.